The summed E-state index contributed by atoms with van der Waals surface area (Å²) in [5, 5.41) is 0. The van der Waals surface area contributed by atoms with Gasteiger partial charge in [-0.15, -0.1) is 11.3 Å². The van der Waals surface area contributed by atoms with Crippen LogP contribution in [0.25, 0.3) is 0 Å². The smallest absolute Gasteiger partial charge is 0.137 e. The van der Waals surface area contributed by atoms with Crippen LogP contribution in [0.15, 0.2) is 44.8 Å². The number of para-hydroxylation sites is 2. The van der Waals surface area contributed by atoms with Gasteiger partial charge < -0.3 is 9.62 Å². The van der Waals surface area contributed by atoms with E-state index < -0.39 is 11.0 Å². The number of anilines is 2. The predicted molar refractivity (Wildman–Crippen MR) is 113 cm³/mol. The van der Waals surface area contributed by atoms with Crippen LogP contribution in [0.1, 0.15) is 25.7 Å². The Morgan fingerprint density at radius 1 is 1.12 bits per heavy atom. The highest BCUT2D eigenvalue weighted by atomic mass is 32.2. The maximum absolute atomic E-state index is 12.2. The normalized spacial score (nSPS) is 19.7. The number of nitrogens with zero attached hydrogens (tertiary/aromatic N) is 2. The molecule has 1 saturated heterocycles. The third-order valence-electron chi connectivity index (χ3n) is 5.35. The van der Waals surface area contributed by atoms with Crippen LogP contribution in [0.5, 0.6) is 0 Å². The summed E-state index contributed by atoms with van der Waals surface area (Å²) in [5.74, 6) is 0. The van der Waals surface area contributed by atoms with Crippen molar-refractivity contribution in [3.05, 3.63) is 36.4 Å². The Balaban J connectivity index is 1.42. The van der Waals surface area contributed by atoms with Gasteiger partial charge >= 0.3 is 0 Å². The van der Waals surface area contributed by atoms with Gasteiger partial charge in [-0.3, -0.25) is 0 Å². The molecule has 1 aliphatic carbocycles. The van der Waals surface area contributed by atoms with E-state index in [1.807, 2.05) is 26.2 Å². The van der Waals surface area contributed by atoms with Crippen molar-refractivity contribution in [1.29, 1.82) is 0 Å². The lowest BCUT2D eigenvalue weighted by Gasteiger charge is -2.35. The minimum absolute atomic E-state index is 0.697. The zero-order chi connectivity index (χ0) is 18.1. The van der Waals surface area contributed by atoms with Crippen molar-refractivity contribution in [3.63, 3.8) is 0 Å². The lowest BCUT2D eigenvalue weighted by Crippen LogP contribution is -2.34. The first-order valence-corrected chi connectivity index (χ1v) is 11.8. The molecule has 2 fully saturated rings. The van der Waals surface area contributed by atoms with Gasteiger partial charge in [-0.25, -0.2) is 8.51 Å². The minimum Gasteiger partial charge on any atom is -0.370 e. The standard InChI is InChI=1S/C19H25N3OS3/c1-21(2)26(23)18-8-7-17(24-18)25-20-15-5-3-4-6-16(15)22-13-11-19(9-10-19)12-14-22/h3-8,20H,9-14H2,1-2H3. The average molecular weight is 408 g/mol. The fraction of sp³-hybridized carbons (Fsp3) is 0.474. The van der Waals surface area contributed by atoms with Crippen molar-refractivity contribution in [1.82, 2.24) is 4.31 Å². The molecule has 1 aliphatic heterocycles. The van der Waals surface area contributed by atoms with E-state index in [9.17, 15) is 4.21 Å². The van der Waals surface area contributed by atoms with Crippen LogP contribution in [-0.2, 0) is 11.0 Å². The van der Waals surface area contributed by atoms with Crippen LogP contribution in [0, 0.1) is 5.41 Å². The van der Waals surface area contributed by atoms with E-state index in [2.05, 4.69) is 33.9 Å². The summed E-state index contributed by atoms with van der Waals surface area (Å²) < 4.78 is 19.4. The molecule has 1 spiro atoms. The third-order valence-corrected chi connectivity index (χ3v) is 9.00. The molecule has 2 heterocycles. The Morgan fingerprint density at radius 2 is 1.85 bits per heavy atom. The number of hydrogen-bond acceptors (Lipinski definition) is 5. The maximum atomic E-state index is 12.2. The monoisotopic (exact) mass is 407 g/mol. The highest BCUT2D eigenvalue weighted by Crippen LogP contribution is 2.54. The molecule has 1 aromatic heterocycles. The molecule has 0 bridgehead atoms. The van der Waals surface area contributed by atoms with E-state index in [1.54, 1.807) is 27.6 Å². The topological polar surface area (TPSA) is 35.6 Å². The molecule has 26 heavy (non-hydrogen) atoms. The van der Waals surface area contributed by atoms with E-state index >= 15 is 0 Å². The van der Waals surface area contributed by atoms with E-state index in [0.717, 1.165) is 27.2 Å². The summed E-state index contributed by atoms with van der Waals surface area (Å²) in [4.78, 5) is 2.52. The molecule has 1 N–H and O–H groups in total. The van der Waals surface area contributed by atoms with Gasteiger partial charge in [-0.1, -0.05) is 12.1 Å². The lowest BCUT2D eigenvalue weighted by atomic mass is 9.93. The van der Waals surface area contributed by atoms with Gasteiger partial charge in [0.15, 0.2) is 0 Å². The second-order valence-corrected chi connectivity index (χ2v) is 11.5. The summed E-state index contributed by atoms with van der Waals surface area (Å²) in [6.45, 7) is 2.32. The van der Waals surface area contributed by atoms with E-state index in [4.69, 9.17) is 0 Å². The molecule has 2 aliphatic rings. The molecule has 1 saturated carbocycles. The summed E-state index contributed by atoms with van der Waals surface area (Å²) in [6.07, 6.45) is 5.54. The van der Waals surface area contributed by atoms with Gasteiger partial charge in [0, 0.05) is 13.1 Å². The van der Waals surface area contributed by atoms with E-state index in [1.165, 1.54) is 31.4 Å². The molecular weight excluding hydrogens is 382 g/mol. The first-order chi connectivity index (χ1) is 12.6. The largest absolute Gasteiger partial charge is 0.370 e. The lowest BCUT2D eigenvalue weighted by molar-refractivity contribution is 0.384. The van der Waals surface area contributed by atoms with Crippen molar-refractivity contribution in [2.24, 2.45) is 5.41 Å². The van der Waals surface area contributed by atoms with Crippen LogP contribution in [-0.4, -0.2) is 35.7 Å². The van der Waals surface area contributed by atoms with Gasteiger partial charge in [-0.05, 0) is 81.4 Å². The predicted octanol–water partition coefficient (Wildman–Crippen LogP) is 4.83. The maximum Gasteiger partial charge on any atom is 0.137 e. The summed E-state index contributed by atoms with van der Waals surface area (Å²) in [6, 6.07) is 12.6. The SMILES string of the molecule is CN(C)S(=O)c1ccc(SNc2ccccc2N2CCC3(CC2)CC3)s1. The van der Waals surface area contributed by atoms with Crippen molar-refractivity contribution < 1.29 is 4.21 Å². The summed E-state index contributed by atoms with van der Waals surface area (Å²) in [5.41, 5.74) is 3.15. The summed E-state index contributed by atoms with van der Waals surface area (Å²) >= 11 is 3.19. The molecule has 0 radical (unpaired) electrons. The third kappa shape index (κ3) is 3.96. The minimum atomic E-state index is -1.07. The van der Waals surface area contributed by atoms with Gasteiger partial charge in [0.25, 0.3) is 0 Å². The van der Waals surface area contributed by atoms with Crippen LogP contribution in [0.2, 0.25) is 0 Å². The Morgan fingerprint density at radius 3 is 2.54 bits per heavy atom. The number of benzene rings is 1. The van der Waals surface area contributed by atoms with Gasteiger partial charge in [0.1, 0.15) is 15.2 Å². The zero-order valence-corrected chi connectivity index (χ0v) is 17.7. The quantitative estimate of drug-likeness (QED) is 0.696. The van der Waals surface area contributed by atoms with Gasteiger partial charge in [-0.2, -0.15) is 0 Å². The van der Waals surface area contributed by atoms with Crippen LogP contribution in [0.4, 0.5) is 11.4 Å². The van der Waals surface area contributed by atoms with Gasteiger partial charge in [0.05, 0.1) is 15.6 Å². The fourth-order valence-corrected chi connectivity index (χ4v) is 6.73. The van der Waals surface area contributed by atoms with Crippen LogP contribution >= 0.6 is 23.3 Å². The number of piperidine rings is 1. The molecule has 1 unspecified atom stereocenters. The Hall–Kier alpha value is -1.02. The Labute approximate surface area is 166 Å². The van der Waals surface area contributed by atoms with E-state index in [-0.39, 0.29) is 0 Å². The first kappa shape index (κ1) is 18.3. The van der Waals surface area contributed by atoms with Crippen molar-refractivity contribution in [2.45, 2.75) is 34.1 Å². The molecule has 7 heteroatoms. The van der Waals surface area contributed by atoms with E-state index in [0.29, 0.717) is 5.41 Å². The molecule has 1 atom stereocenters. The van der Waals surface area contributed by atoms with Crippen LogP contribution in [0.3, 0.4) is 0 Å². The second-order valence-electron chi connectivity index (χ2n) is 7.34. The molecule has 0 amide bonds. The highest BCUT2D eigenvalue weighted by Gasteiger charge is 2.44. The number of hydrogen-bond donors (Lipinski definition) is 1. The van der Waals surface area contributed by atoms with Crippen molar-refractivity contribution in [2.75, 3.05) is 36.8 Å². The molecule has 2 aromatic rings. The average Bonchev–Trinajstić information content (AvgIpc) is 3.24. The summed E-state index contributed by atoms with van der Waals surface area (Å²) in [7, 11) is 2.60. The Kier molecular flexibility index (Phi) is 5.32. The molecule has 4 nitrogen and oxygen atoms in total. The fourth-order valence-electron chi connectivity index (χ4n) is 3.47. The first-order valence-electron chi connectivity index (χ1n) is 9.02. The van der Waals surface area contributed by atoms with Crippen molar-refractivity contribution >= 4 is 45.6 Å². The van der Waals surface area contributed by atoms with Crippen LogP contribution < -0.4 is 9.62 Å². The number of rotatable bonds is 6. The zero-order valence-electron chi connectivity index (χ0n) is 15.2. The number of nitrogens with one attached hydrogen (secondary N) is 1. The Bertz CT molecular complexity index is 791. The highest BCUT2D eigenvalue weighted by molar-refractivity contribution is 8.02. The van der Waals surface area contributed by atoms with Gasteiger partial charge in [0.2, 0.25) is 0 Å². The molecular formula is C19H25N3OS3. The molecule has 1 aromatic carbocycles. The second kappa shape index (κ2) is 7.54. The van der Waals surface area contributed by atoms with Crippen molar-refractivity contribution in [3.8, 4) is 0 Å². The molecule has 140 valence electrons. The molecule has 4 rings (SSSR count). The number of thiophene rings is 1.